The molecule has 1 atom stereocenters. The van der Waals surface area contributed by atoms with Crippen LogP contribution in [0.15, 0.2) is 42.7 Å². The van der Waals surface area contributed by atoms with Crippen LogP contribution in [0.1, 0.15) is 12.5 Å². The smallest absolute Gasteiger partial charge is 0.227 e. The molecule has 106 valence electrons. The molecule has 5 nitrogen and oxygen atoms in total. The Kier molecular flexibility index (Phi) is 4.53. The zero-order chi connectivity index (χ0) is 14.5. The number of hydrogen-bond donors (Lipinski definition) is 1. The van der Waals surface area contributed by atoms with Gasteiger partial charge in [0.2, 0.25) is 5.91 Å². The van der Waals surface area contributed by atoms with Gasteiger partial charge in [0.15, 0.2) is 0 Å². The molecule has 1 aromatic carbocycles. The molecular formula is C15H20N4O. The van der Waals surface area contributed by atoms with E-state index in [-0.39, 0.29) is 11.9 Å². The molecule has 0 saturated heterocycles. The monoisotopic (exact) mass is 272 g/mol. The molecule has 0 radical (unpaired) electrons. The minimum Gasteiger partial charge on any atom is -0.341 e. The lowest BCUT2D eigenvalue weighted by Gasteiger charge is -2.23. The number of para-hydroxylation sites is 1. The van der Waals surface area contributed by atoms with E-state index in [0.29, 0.717) is 13.0 Å². The van der Waals surface area contributed by atoms with E-state index in [4.69, 9.17) is 5.73 Å². The summed E-state index contributed by atoms with van der Waals surface area (Å²) in [4.78, 5) is 13.8. The second-order valence-electron chi connectivity index (χ2n) is 4.89. The Hall–Kier alpha value is -2.14. The summed E-state index contributed by atoms with van der Waals surface area (Å²) in [7, 11) is 1.78. The number of aromatic nitrogens is 2. The second kappa shape index (κ2) is 6.34. The van der Waals surface area contributed by atoms with Gasteiger partial charge in [-0.15, -0.1) is 0 Å². The van der Waals surface area contributed by atoms with Crippen LogP contribution in [0.3, 0.4) is 0 Å². The third-order valence-electron chi connectivity index (χ3n) is 3.41. The fourth-order valence-electron chi connectivity index (χ4n) is 1.88. The van der Waals surface area contributed by atoms with Gasteiger partial charge in [0.1, 0.15) is 0 Å². The van der Waals surface area contributed by atoms with Crippen LogP contribution in [0.25, 0.3) is 5.69 Å². The standard InChI is InChI=1S/C15H20N4O/c1-12(9-16)18(2)15(20)8-13-10-17-19(11-13)14-6-4-3-5-7-14/h3-7,10-12H,8-9,16H2,1-2H3. The third-order valence-corrected chi connectivity index (χ3v) is 3.41. The molecular weight excluding hydrogens is 252 g/mol. The molecule has 0 spiro atoms. The molecule has 1 amide bonds. The van der Waals surface area contributed by atoms with Gasteiger partial charge in [-0.25, -0.2) is 4.68 Å². The molecule has 0 aliphatic heterocycles. The maximum Gasteiger partial charge on any atom is 0.227 e. The lowest BCUT2D eigenvalue weighted by atomic mass is 10.2. The summed E-state index contributed by atoms with van der Waals surface area (Å²) in [5, 5.41) is 4.29. The number of rotatable bonds is 5. The number of hydrogen-bond acceptors (Lipinski definition) is 3. The molecule has 1 heterocycles. The summed E-state index contributed by atoms with van der Waals surface area (Å²) in [6.45, 7) is 2.40. The lowest BCUT2D eigenvalue weighted by Crippen LogP contribution is -2.40. The zero-order valence-corrected chi connectivity index (χ0v) is 11.9. The summed E-state index contributed by atoms with van der Waals surface area (Å²) in [6, 6.07) is 9.87. The summed E-state index contributed by atoms with van der Waals surface area (Å²) in [5.41, 5.74) is 7.45. The Labute approximate surface area is 119 Å². The number of carbonyl (C=O) groups excluding carboxylic acids is 1. The van der Waals surface area contributed by atoms with Gasteiger partial charge in [-0.05, 0) is 24.6 Å². The van der Waals surface area contributed by atoms with Crippen molar-refractivity contribution in [3.63, 3.8) is 0 Å². The van der Waals surface area contributed by atoms with E-state index in [1.807, 2.05) is 43.5 Å². The number of likely N-dealkylation sites (N-methyl/N-ethyl adjacent to an activating group) is 1. The molecule has 0 fully saturated rings. The quantitative estimate of drug-likeness (QED) is 0.890. The van der Waals surface area contributed by atoms with E-state index in [0.717, 1.165) is 11.3 Å². The largest absolute Gasteiger partial charge is 0.341 e. The Morgan fingerprint density at radius 3 is 2.75 bits per heavy atom. The van der Waals surface area contributed by atoms with Crippen molar-refractivity contribution in [3.8, 4) is 5.69 Å². The van der Waals surface area contributed by atoms with Crippen molar-refractivity contribution >= 4 is 5.91 Å². The number of benzene rings is 1. The summed E-state index contributed by atoms with van der Waals surface area (Å²) < 4.78 is 1.77. The highest BCUT2D eigenvalue weighted by Crippen LogP contribution is 2.09. The molecule has 1 unspecified atom stereocenters. The number of nitrogens with two attached hydrogens (primary N) is 1. The van der Waals surface area contributed by atoms with E-state index in [2.05, 4.69) is 5.10 Å². The van der Waals surface area contributed by atoms with Crippen LogP contribution in [0.4, 0.5) is 0 Å². The first-order valence-electron chi connectivity index (χ1n) is 6.66. The Morgan fingerprint density at radius 2 is 2.10 bits per heavy atom. The minimum absolute atomic E-state index is 0.0478. The first kappa shape index (κ1) is 14.3. The molecule has 20 heavy (non-hydrogen) atoms. The number of amides is 1. The number of carbonyl (C=O) groups is 1. The third kappa shape index (κ3) is 3.24. The van der Waals surface area contributed by atoms with Crippen molar-refractivity contribution < 1.29 is 4.79 Å². The van der Waals surface area contributed by atoms with Crippen molar-refractivity contribution in [2.45, 2.75) is 19.4 Å². The molecule has 5 heteroatoms. The van der Waals surface area contributed by atoms with Crippen LogP contribution in [-0.4, -0.2) is 40.2 Å². The van der Waals surface area contributed by atoms with Gasteiger partial charge in [-0.1, -0.05) is 18.2 Å². The van der Waals surface area contributed by atoms with Crippen LogP contribution in [0.5, 0.6) is 0 Å². The number of nitrogens with zero attached hydrogens (tertiary/aromatic N) is 3. The average Bonchev–Trinajstić information content (AvgIpc) is 2.95. The SMILES string of the molecule is CC(CN)N(C)C(=O)Cc1cnn(-c2ccccc2)c1. The van der Waals surface area contributed by atoms with Crippen LogP contribution < -0.4 is 5.73 Å². The van der Waals surface area contributed by atoms with E-state index in [1.165, 1.54) is 0 Å². The highest BCUT2D eigenvalue weighted by atomic mass is 16.2. The van der Waals surface area contributed by atoms with Gasteiger partial charge < -0.3 is 10.6 Å². The summed E-state index contributed by atoms with van der Waals surface area (Å²) in [6.07, 6.45) is 3.95. The van der Waals surface area contributed by atoms with Crippen molar-refractivity contribution in [2.75, 3.05) is 13.6 Å². The van der Waals surface area contributed by atoms with Crippen LogP contribution in [-0.2, 0) is 11.2 Å². The van der Waals surface area contributed by atoms with Crippen LogP contribution >= 0.6 is 0 Å². The molecule has 0 aliphatic rings. The molecule has 2 aromatic rings. The van der Waals surface area contributed by atoms with Gasteiger partial charge in [0.05, 0.1) is 18.3 Å². The van der Waals surface area contributed by atoms with Crippen molar-refractivity contribution in [2.24, 2.45) is 5.73 Å². The molecule has 2 N–H and O–H groups in total. The van der Waals surface area contributed by atoms with Crippen molar-refractivity contribution in [1.29, 1.82) is 0 Å². The topological polar surface area (TPSA) is 64.2 Å². The second-order valence-corrected chi connectivity index (χ2v) is 4.89. The lowest BCUT2D eigenvalue weighted by molar-refractivity contribution is -0.130. The van der Waals surface area contributed by atoms with E-state index in [1.54, 1.807) is 22.8 Å². The van der Waals surface area contributed by atoms with Gasteiger partial charge in [-0.3, -0.25) is 4.79 Å². The Bertz CT molecular complexity index is 564. The highest BCUT2D eigenvalue weighted by molar-refractivity contribution is 5.78. The predicted octanol–water partition coefficient (Wildman–Crippen LogP) is 1.22. The predicted molar refractivity (Wildman–Crippen MR) is 78.6 cm³/mol. The van der Waals surface area contributed by atoms with Crippen LogP contribution in [0, 0.1) is 0 Å². The maximum atomic E-state index is 12.1. The van der Waals surface area contributed by atoms with Gasteiger partial charge >= 0.3 is 0 Å². The highest BCUT2D eigenvalue weighted by Gasteiger charge is 2.15. The fraction of sp³-hybridized carbons (Fsp3) is 0.333. The summed E-state index contributed by atoms with van der Waals surface area (Å²) in [5.74, 6) is 0.0514. The summed E-state index contributed by atoms with van der Waals surface area (Å²) >= 11 is 0. The first-order valence-corrected chi connectivity index (χ1v) is 6.66. The zero-order valence-electron chi connectivity index (χ0n) is 11.9. The van der Waals surface area contributed by atoms with E-state index >= 15 is 0 Å². The first-order chi connectivity index (χ1) is 9.61. The molecule has 0 aliphatic carbocycles. The minimum atomic E-state index is 0.0478. The molecule has 2 rings (SSSR count). The van der Waals surface area contributed by atoms with E-state index < -0.39 is 0 Å². The Balaban J connectivity index is 2.05. The fourth-order valence-corrected chi connectivity index (χ4v) is 1.88. The van der Waals surface area contributed by atoms with Gasteiger partial charge in [0.25, 0.3) is 0 Å². The molecule has 0 bridgehead atoms. The Morgan fingerprint density at radius 1 is 1.40 bits per heavy atom. The van der Waals surface area contributed by atoms with Crippen molar-refractivity contribution in [3.05, 3.63) is 48.3 Å². The molecule has 0 saturated carbocycles. The molecule has 1 aromatic heterocycles. The van der Waals surface area contributed by atoms with Gasteiger partial charge in [-0.2, -0.15) is 5.10 Å². The van der Waals surface area contributed by atoms with Crippen LogP contribution in [0.2, 0.25) is 0 Å². The maximum absolute atomic E-state index is 12.1. The van der Waals surface area contributed by atoms with Gasteiger partial charge in [0, 0.05) is 25.8 Å². The van der Waals surface area contributed by atoms with E-state index in [9.17, 15) is 4.79 Å². The normalized spacial score (nSPS) is 12.2. The average molecular weight is 272 g/mol. The van der Waals surface area contributed by atoms with Crippen molar-refractivity contribution in [1.82, 2.24) is 14.7 Å².